The van der Waals surface area contributed by atoms with Gasteiger partial charge in [-0.05, 0) is 20.8 Å². The lowest BCUT2D eigenvalue weighted by molar-refractivity contribution is 0.388. The fraction of sp³-hybridized carbons (Fsp3) is 1.00. The maximum atomic E-state index is 11.6. The lowest BCUT2D eigenvalue weighted by atomic mass is 9.99. The first-order valence-corrected chi connectivity index (χ1v) is 8.52. The van der Waals surface area contributed by atoms with E-state index in [1.807, 2.05) is 0 Å². The molecule has 0 amide bonds. The molecule has 0 aromatic heterocycles. The first-order chi connectivity index (χ1) is 6.86. The van der Waals surface area contributed by atoms with Crippen LogP contribution in [0.15, 0.2) is 0 Å². The van der Waals surface area contributed by atoms with Crippen LogP contribution in [0.1, 0.15) is 20.8 Å². The molecule has 0 aliphatic rings. The summed E-state index contributed by atoms with van der Waals surface area (Å²) in [5.74, 6) is -0.834. The van der Waals surface area contributed by atoms with Gasteiger partial charge in [0, 0.05) is 17.8 Å². The smallest absolute Gasteiger partial charge is 0.213 e. The number of hydrogen-bond acceptors (Lipinski definition) is 5. The maximum absolute atomic E-state index is 11.6. The quantitative estimate of drug-likeness (QED) is 0.650. The van der Waals surface area contributed by atoms with Crippen molar-refractivity contribution in [1.82, 2.24) is 4.72 Å². The van der Waals surface area contributed by atoms with Gasteiger partial charge in [-0.15, -0.1) is 0 Å². The first-order valence-electron chi connectivity index (χ1n) is 4.81. The predicted molar refractivity (Wildman–Crippen MR) is 64.4 cm³/mol. The molecule has 0 aliphatic carbocycles. The SMILES string of the molecule is CC(N)C(C)(C)NS(=O)(=O)CCS(C)(=O)=O. The first kappa shape index (κ1) is 15.8. The van der Waals surface area contributed by atoms with E-state index in [0.717, 1.165) is 6.26 Å². The molecule has 0 aromatic carbocycles. The number of sulfonamides is 1. The maximum Gasteiger partial charge on any atom is 0.213 e. The third-order valence-corrected chi connectivity index (χ3v) is 5.06. The second-order valence-corrected chi connectivity index (χ2v) is 8.66. The van der Waals surface area contributed by atoms with Crippen LogP contribution in [0.3, 0.4) is 0 Å². The summed E-state index contributed by atoms with van der Waals surface area (Å²) in [6, 6.07) is -0.375. The van der Waals surface area contributed by atoms with Gasteiger partial charge in [0.1, 0.15) is 9.84 Å². The van der Waals surface area contributed by atoms with Crippen molar-refractivity contribution in [3.8, 4) is 0 Å². The number of nitrogens with one attached hydrogen (secondary N) is 1. The molecule has 0 bridgehead atoms. The van der Waals surface area contributed by atoms with E-state index in [1.54, 1.807) is 20.8 Å². The second-order valence-electron chi connectivity index (χ2n) is 4.56. The summed E-state index contributed by atoms with van der Waals surface area (Å²) in [6.07, 6.45) is 0.999. The highest BCUT2D eigenvalue weighted by Gasteiger charge is 2.28. The van der Waals surface area contributed by atoms with Gasteiger partial charge in [0.2, 0.25) is 10.0 Å². The van der Waals surface area contributed by atoms with E-state index in [0.29, 0.717) is 0 Å². The minimum absolute atomic E-state index is 0.375. The highest BCUT2D eigenvalue weighted by molar-refractivity contribution is 7.93. The third-order valence-electron chi connectivity index (χ3n) is 2.28. The van der Waals surface area contributed by atoms with Crippen LogP contribution in [-0.4, -0.2) is 46.2 Å². The van der Waals surface area contributed by atoms with Crippen LogP contribution in [0.4, 0.5) is 0 Å². The minimum Gasteiger partial charge on any atom is -0.326 e. The summed E-state index contributed by atoms with van der Waals surface area (Å²) in [6.45, 7) is 4.98. The van der Waals surface area contributed by atoms with Crippen LogP contribution in [-0.2, 0) is 19.9 Å². The van der Waals surface area contributed by atoms with E-state index in [9.17, 15) is 16.8 Å². The molecule has 0 radical (unpaired) electrons. The van der Waals surface area contributed by atoms with Crippen molar-refractivity contribution in [2.75, 3.05) is 17.8 Å². The van der Waals surface area contributed by atoms with Gasteiger partial charge >= 0.3 is 0 Å². The fourth-order valence-corrected chi connectivity index (χ4v) is 3.98. The molecule has 6 nitrogen and oxygen atoms in total. The van der Waals surface area contributed by atoms with Crippen LogP contribution in [0, 0.1) is 0 Å². The summed E-state index contributed by atoms with van der Waals surface area (Å²) in [7, 11) is -6.91. The molecule has 0 spiro atoms. The Bertz CT molecular complexity index is 423. The number of nitrogens with two attached hydrogens (primary N) is 1. The van der Waals surface area contributed by atoms with Crippen LogP contribution in [0.25, 0.3) is 0 Å². The van der Waals surface area contributed by atoms with Gasteiger partial charge < -0.3 is 5.73 Å². The van der Waals surface area contributed by atoms with Crippen LogP contribution in [0.2, 0.25) is 0 Å². The number of rotatable bonds is 6. The van der Waals surface area contributed by atoms with Gasteiger partial charge in [-0.3, -0.25) is 0 Å². The fourth-order valence-electron chi connectivity index (χ4n) is 0.806. The monoisotopic (exact) mass is 272 g/mol. The highest BCUT2D eigenvalue weighted by Crippen LogP contribution is 2.08. The molecule has 0 fully saturated rings. The van der Waals surface area contributed by atoms with Crippen molar-refractivity contribution in [3.63, 3.8) is 0 Å². The molecular weight excluding hydrogens is 252 g/mol. The summed E-state index contributed by atoms with van der Waals surface area (Å²) >= 11 is 0. The number of sulfone groups is 1. The van der Waals surface area contributed by atoms with Crippen molar-refractivity contribution in [2.45, 2.75) is 32.4 Å². The van der Waals surface area contributed by atoms with E-state index in [2.05, 4.69) is 4.72 Å². The van der Waals surface area contributed by atoms with Crippen molar-refractivity contribution < 1.29 is 16.8 Å². The average Bonchev–Trinajstić information content (AvgIpc) is 1.97. The molecule has 0 saturated carbocycles. The normalized spacial score (nSPS) is 16.1. The minimum atomic E-state index is -3.63. The Balaban J connectivity index is 4.61. The van der Waals surface area contributed by atoms with Crippen LogP contribution >= 0.6 is 0 Å². The zero-order chi connectivity index (χ0) is 13.2. The molecule has 0 heterocycles. The lowest BCUT2D eigenvalue weighted by Gasteiger charge is -2.29. The Morgan fingerprint density at radius 3 is 1.94 bits per heavy atom. The topological polar surface area (TPSA) is 106 Å². The Labute approximate surface area is 97.6 Å². The number of hydrogen-bond donors (Lipinski definition) is 2. The molecule has 0 aliphatic heterocycles. The zero-order valence-electron chi connectivity index (χ0n) is 10.0. The third kappa shape index (κ3) is 6.41. The average molecular weight is 272 g/mol. The van der Waals surface area contributed by atoms with Gasteiger partial charge in [-0.25, -0.2) is 21.6 Å². The molecule has 0 rings (SSSR count). The molecule has 1 unspecified atom stereocenters. The van der Waals surface area contributed by atoms with Crippen molar-refractivity contribution in [1.29, 1.82) is 0 Å². The van der Waals surface area contributed by atoms with E-state index in [4.69, 9.17) is 5.73 Å². The molecule has 3 N–H and O–H groups in total. The van der Waals surface area contributed by atoms with E-state index < -0.39 is 36.9 Å². The summed E-state index contributed by atoms with van der Waals surface area (Å²) in [4.78, 5) is 0. The molecule has 0 aromatic rings. The molecule has 1 atom stereocenters. The molecule has 98 valence electrons. The van der Waals surface area contributed by atoms with E-state index in [1.165, 1.54) is 0 Å². The van der Waals surface area contributed by atoms with Crippen LogP contribution < -0.4 is 10.5 Å². The zero-order valence-corrected chi connectivity index (χ0v) is 11.7. The van der Waals surface area contributed by atoms with Crippen molar-refractivity contribution >= 4 is 19.9 Å². The van der Waals surface area contributed by atoms with Gasteiger partial charge in [0.25, 0.3) is 0 Å². The Morgan fingerprint density at radius 1 is 1.19 bits per heavy atom. The van der Waals surface area contributed by atoms with Crippen molar-refractivity contribution in [2.24, 2.45) is 5.73 Å². The van der Waals surface area contributed by atoms with Gasteiger partial charge in [0.05, 0.1) is 11.5 Å². The summed E-state index contributed by atoms with van der Waals surface area (Å²) in [5.41, 5.74) is 4.82. The largest absolute Gasteiger partial charge is 0.326 e. The van der Waals surface area contributed by atoms with Gasteiger partial charge in [-0.1, -0.05) is 0 Å². The second kappa shape index (κ2) is 4.99. The summed E-state index contributed by atoms with van der Waals surface area (Å²) < 4.78 is 47.2. The molecular formula is C8H20N2O4S2. The van der Waals surface area contributed by atoms with E-state index in [-0.39, 0.29) is 6.04 Å². The summed E-state index contributed by atoms with van der Waals surface area (Å²) in [5, 5.41) is 0. The Morgan fingerprint density at radius 2 is 1.62 bits per heavy atom. The van der Waals surface area contributed by atoms with Crippen molar-refractivity contribution in [3.05, 3.63) is 0 Å². The Kier molecular flexibility index (Phi) is 4.93. The highest BCUT2D eigenvalue weighted by atomic mass is 32.2. The Hall–Kier alpha value is -0.180. The predicted octanol–water partition coefficient (Wildman–Crippen LogP) is -0.924. The standard InChI is InChI=1S/C8H20N2O4S2/c1-7(9)8(2,3)10-16(13,14)6-5-15(4,11)12/h7,10H,5-6,9H2,1-4H3. The molecule has 8 heteroatoms. The molecule has 16 heavy (non-hydrogen) atoms. The van der Waals surface area contributed by atoms with E-state index >= 15 is 0 Å². The van der Waals surface area contributed by atoms with Gasteiger partial charge in [0.15, 0.2) is 0 Å². The van der Waals surface area contributed by atoms with Crippen LogP contribution in [0.5, 0.6) is 0 Å². The van der Waals surface area contributed by atoms with Gasteiger partial charge in [-0.2, -0.15) is 0 Å². The lowest BCUT2D eigenvalue weighted by Crippen LogP contribution is -2.55. The molecule has 0 saturated heterocycles.